The molecule has 0 bridgehead atoms. The number of likely N-dealkylation sites (tertiary alicyclic amines) is 1. The SMILES string of the molecule is CC(C)(CN1CCCCCC1)NC(=O)Cc1cccc(O)c1. The number of carbonyl (C=O) groups excluding carboxylic acids is 1. The van der Waals surface area contributed by atoms with E-state index in [-0.39, 0.29) is 17.2 Å². The minimum Gasteiger partial charge on any atom is -0.508 e. The lowest BCUT2D eigenvalue weighted by Gasteiger charge is -2.33. The molecule has 1 aliphatic heterocycles. The Morgan fingerprint density at radius 3 is 2.55 bits per heavy atom. The monoisotopic (exact) mass is 304 g/mol. The highest BCUT2D eigenvalue weighted by molar-refractivity contribution is 5.79. The molecule has 0 unspecified atom stereocenters. The van der Waals surface area contributed by atoms with Crippen LogP contribution < -0.4 is 5.32 Å². The summed E-state index contributed by atoms with van der Waals surface area (Å²) in [6.45, 7) is 7.31. The van der Waals surface area contributed by atoms with Gasteiger partial charge in [0.1, 0.15) is 5.75 Å². The van der Waals surface area contributed by atoms with Crippen molar-refractivity contribution in [2.75, 3.05) is 19.6 Å². The number of phenolic OH excluding ortho intramolecular Hbond substituents is 1. The second kappa shape index (κ2) is 7.63. The Labute approximate surface area is 133 Å². The van der Waals surface area contributed by atoms with Gasteiger partial charge in [0.2, 0.25) is 5.91 Å². The lowest BCUT2D eigenvalue weighted by molar-refractivity contribution is -0.122. The van der Waals surface area contributed by atoms with E-state index in [9.17, 15) is 9.90 Å². The second-order valence-corrected chi connectivity index (χ2v) is 6.97. The smallest absolute Gasteiger partial charge is 0.224 e. The first-order valence-corrected chi connectivity index (χ1v) is 8.26. The number of carbonyl (C=O) groups is 1. The molecule has 1 aromatic carbocycles. The summed E-state index contributed by atoms with van der Waals surface area (Å²) < 4.78 is 0. The molecule has 0 saturated carbocycles. The van der Waals surface area contributed by atoms with Gasteiger partial charge in [-0.2, -0.15) is 0 Å². The van der Waals surface area contributed by atoms with E-state index in [0.29, 0.717) is 6.42 Å². The first kappa shape index (κ1) is 16.8. The van der Waals surface area contributed by atoms with Gasteiger partial charge in [-0.05, 0) is 57.5 Å². The Morgan fingerprint density at radius 1 is 1.23 bits per heavy atom. The summed E-state index contributed by atoms with van der Waals surface area (Å²) in [6, 6.07) is 6.88. The van der Waals surface area contributed by atoms with Gasteiger partial charge in [0.15, 0.2) is 0 Å². The molecule has 1 fully saturated rings. The van der Waals surface area contributed by atoms with Crippen molar-refractivity contribution in [3.63, 3.8) is 0 Å². The largest absolute Gasteiger partial charge is 0.508 e. The van der Waals surface area contributed by atoms with Crippen molar-refractivity contribution in [1.29, 1.82) is 0 Å². The number of rotatable bonds is 5. The molecule has 2 N–H and O–H groups in total. The third-order valence-electron chi connectivity index (χ3n) is 4.07. The molecule has 2 rings (SSSR count). The Kier molecular flexibility index (Phi) is 5.83. The van der Waals surface area contributed by atoms with Gasteiger partial charge in [0.25, 0.3) is 0 Å². The number of amides is 1. The van der Waals surface area contributed by atoms with Crippen LogP contribution >= 0.6 is 0 Å². The zero-order valence-corrected chi connectivity index (χ0v) is 13.8. The summed E-state index contributed by atoms with van der Waals surface area (Å²) in [4.78, 5) is 14.7. The number of phenols is 1. The van der Waals surface area contributed by atoms with E-state index >= 15 is 0 Å². The molecule has 4 nitrogen and oxygen atoms in total. The average molecular weight is 304 g/mol. The fraction of sp³-hybridized carbons (Fsp3) is 0.611. The van der Waals surface area contributed by atoms with Crippen LogP contribution in [-0.4, -0.2) is 41.1 Å². The zero-order valence-electron chi connectivity index (χ0n) is 13.8. The molecule has 0 atom stereocenters. The Hall–Kier alpha value is -1.55. The first-order valence-electron chi connectivity index (χ1n) is 8.26. The number of aromatic hydroxyl groups is 1. The van der Waals surface area contributed by atoms with Crippen molar-refractivity contribution in [3.05, 3.63) is 29.8 Å². The first-order chi connectivity index (χ1) is 10.4. The number of nitrogens with one attached hydrogen (secondary N) is 1. The average Bonchev–Trinajstić information content (AvgIpc) is 2.65. The molecule has 1 saturated heterocycles. The third kappa shape index (κ3) is 5.68. The summed E-state index contributed by atoms with van der Waals surface area (Å²) in [5.74, 6) is 0.208. The zero-order chi connectivity index (χ0) is 16.0. The fourth-order valence-electron chi connectivity index (χ4n) is 3.17. The maximum Gasteiger partial charge on any atom is 0.224 e. The highest BCUT2D eigenvalue weighted by atomic mass is 16.3. The van der Waals surface area contributed by atoms with Crippen molar-refractivity contribution >= 4 is 5.91 Å². The van der Waals surface area contributed by atoms with E-state index in [0.717, 1.165) is 25.2 Å². The highest BCUT2D eigenvalue weighted by Gasteiger charge is 2.24. The quantitative estimate of drug-likeness (QED) is 0.879. The molecule has 1 aliphatic rings. The minimum atomic E-state index is -0.238. The van der Waals surface area contributed by atoms with Gasteiger partial charge in [-0.25, -0.2) is 0 Å². The van der Waals surface area contributed by atoms with Gasteiger partial charge in [0, 0.05) is 12.1 Å². The van der Waals surface area contributed by atoms with Crippen molar-refractivity contribution in [1.82, 2.24) is 10.2 Å². The van der Waals surface area contributed by atoms with Crippen molar-refractivity contribution < 1.29 is 9.90 Å². The molecule has 0 radical (unpaired) electrons. The van der Waals surface area contributed by atoms with Gasteiger partial charge in [-0.15, -0.1) is 0 Å². The highest BCUT2D eigenvalue weighted by Crippen LogP contribution is 2.15. The summed E-state index contributed by atoms with van der Waals surface area (Å²) in [5.41, 5.74) is 0.598. The van der Waals surface area contributed by atoms with Crippen LogP contribution in [0.2, 0.25) is 0 Å². The molecule has 0 aromatic heterocycles. The van der Waals surface area contributed by atoms with Crippen molar-refractivity contribution in [2.45, 2.75) is 51.5 Å². The lowest BCUT2D eigenvalue weighted by atomic mass is 10.0. The Bertz CT molecular complexity index is 492. The summed E-state index contributed by atoms with van der Waals surface area (Å²) in [5, 5.41) is 12.6. The van der Waals surface area contributed by atoms with Gasteiger partial charge in [-0.3, -0.25) is 4.79 Å². The molecule has 1 amide bonds. The fourth-order valence-corrected chi connectivity index (χ4v) is 3.17. The van der Waals surface area contributed by atoms with Crippen LogP contribution in [0.4, 0.5) is 0 Å². The predicted octanol–water partition coefficient (Wildman–Crippen LogP) is 2.71. The maximum atomic E-state index is 12.2. The number of hydrogen-bond acceptors (Lipinski definition) is 3. The number of benzene rings is 1. The number of nitrogens with zero attached hydrogens (tertiary/aromatic N) is 1. The van der Waals surface area contributed by atoms with Crippen LogP contribution in [0.25, 0.3) is 0 Å². The predicted molar refractivity (Wildman–Crippen MR) is 88.9 cm³/mol. The Morgan fingerprint density at radius 2 is 1.91 bits per heavy atom. The molecule has 1 aromatic rings. The molecule has 4 heteroatoms. The van der Waals surface area contributed by atoms with E-state index in [1.165, 1.54) is 25.7 Å². The van der Waals surface area contributed by atoms with Crippen LogP contribution in [0.5, 0.6) is 5.75 Å². The Balaban J connectivity index is 1.85. The van der Waals surface area contributed by atoms with Crippen LogP contribution in [0.1, 0.15) is 45.1 Å². The topological polar surface area (TPSA) is 52.6 Å². The minimum absolute atomic E-state index is 0.00502. The van der Waals surface area contributed by atoms with Crippen LogP contribution in [0, 0.1) is 0 Å². The molecular weight excluding hydrogens is 276 g/mol. The van der Waals surface area contributed by atoms with E-state index in [4.69, 9.17) is 0 Å². The molecule has 0 spiro atoms. The summed E-state index contributed by atoms with van der Waals surface area (Å²) in [7, 11) is 0. The maximum absolute atomic E-state index is 12.2. The van der Waals surface area contributed by atoms with Gasteiger partial charge in [0.05, 0.1) is 6.42 Å². The van der Waals surface area contributed by atoms with Crippen molar-refractivity contribution in [2.24, 2.45) is 0 Å². The number of hydrogen-bond donors (Lipinski definition) is 2. The van der Waals surface area contributed by atoms with E-state index in [1.807, 2.05) is 6.07 Å². The lowest BCUT2D eigenvalue weighted by Crippen LogP contribution is -2.52. The molecule has 1 heterocycles. The van der Waals surface area contributed by atoms with Crippen LogP contribution in [0.3, 0.4) is 0 Å². The molecular formula is C18H28N2O2. The molecule has 22 heavy (non-hydrogen) atoms. The normalized spacial score (nSPS) is 17.0. The van der Waals surface area contributed by atoms with Gasteiger partial charge in [-0.1, -0.05) is 25.0 Å². The molecule has 0 aliphatic carbocycles. The van der Waals surface area contributed by atoms with E-state index < -0.39 is 0 Å². The van der Waals surface area contributed by atoms with Crippen molar-refractivity contribution in [3.8, 4) is 5.75 Å². The van der Waals surface area contributed by atoms with Crippen LogP contribution in [-0.2, 0) is 11.2 Å². The summed E-state index contributed by atoms with van der Waals surface area (Å²) >= 11 is 0. The van der Waals surface area contributed by atoms with Crippen LogP contribution in [0.15, 0.2) is 24.3 Å². The standard InChI is InChI=1S/C18H28N2O2/c1-18(2,14-20-10-5-3-4-6-11-20)19-17(22)13-15-8-7-9-16(21)12-15/h7-9,12,21H,3-6,10-11,13-14H2,1-2H3,(H,19,22). The summed E-state index contributed by atoms with van der Waals surface area (Å²) in [6.07, 6.45) is 5.46. The van der Waals surface area contributed by atoms with E-state index in [1.54, 1.807) is 18.2 Å². The van der Waals surface area contributed by atoms with Gasteiger partial charge >= 0.3 is 0 Å². The third-order valence-corrected chi connectivity index (χ3v) is 4.07. The van der Waals surface area contributed by atoms with Gasteiger partial charge < -0.3 is 15.3 Å². The van der Waals surface area contributed by atoms with E-state index in [2.05, 4.69) is 24.1 Å². The molecule has 122 valence electrons. The second-order valence-electron chi connectivity index (χ2n) is 6.97.